The minimum absolute atomic E-state index is 0.0878. The Kier molecular flexibility index (Phi) is 4.53. The third-order valence-electron chi connectivity index (χ3n) is 2.41. The molecule has 0 saturated heterocycles. The molecule has 1 unspecified atom stereocenters. The van der Waals surface area contributed by atoms with Crippen molar-refractivity contribution in [3.05, 3.63) is 29.8 Å². The largest absolute Gasteiger partial charge is 0.481 e. The molecule has 1 aromatic rings. The molecule has 1 aromatic carbocycles. The number of hydrogen-bond donors (Lipinski definition) is 2. The van der Waals surface area contributed by atoms with Crippen LogP contribution >= 0.6 is 0 Å². The molecule has 0 radical (unpaired) electrons. The Morgan fingerprint density at radius 2 is 1.79 bits per heavy atom. The van der Waals surface area contributed by atoms with E-state index in [9.17, 15) is 9.59 Å². The summed E-state index contributed by atoms with van der Waals surface area (Å²) >= 11 is 0. The van der Waals surface area contributed by atoms with Gasteiger partial charge in [-0.25, -0.2) is 0 Å². The van der Waals surface area contributed by atoms with Crippen molar-refractivity contribution in [2.45, 2.75) is 32.8 Å². The topological polar surface area (TPSA) is 89.6 Å². The number of anilines is 1. The van der Waals surface area contributed by atoms with Gasteiger partial charge in [0.15, 0.2) is 5.92 Å². The molecule has 104 valence electrons. The van der Waals surface area contributed by atoms with Crippen LogP contribution in [0.1, 0.15) is 26.3 Å². The van der Waals surface area contributed by atoms with Gasteiger partial charge in [-0.15, -0.1) is 0 Å². The molecule has 0 heterocycles. The van der Waals surface area contributed by atoms with Gasteiger partial charge in [-0.3, -0.25) is 9.59 Å². The summed E-state index contributed by atoms with van der Waals surface area (Å²) in [7, 11) is 0. The Balaban J connectivity index is 2.81. The molecule has 1 atom stereocenters. The summed E-state index contributed by atoms with van der Waals surface area (Å²) in [6, 6.07) is 6.75. The van der Waals surface area contributed by atoms with E-state index in [2.05, 4.69) is 0 Å². The average molecular weight is 265 g/mol. The highest BCUT2D eigenvalue weighted by atomic mass is 16.6. The molecule has 0 saturated carbocycles. The van der Waals surface area contributed by atoms with E-state index in [4.69, 9.17) is 15.6 Å². The van der Waals surface area contributed by atoms with Gasteiger partial charge in [0.1, 0.15) is 5.60 Å². The SMILES string of the molecule is CC(C)(C)OC(=O)C(Cc1ccc(N)cc1)C(=O)O. The minimum Gasteiger partial charge on any atom is -0.481 e. The van der Waals surface area contributed by atoms with Crippen LogP contribution in [-0.4, -0.2) is 22.6 Å². The van der Waals surface area contributed by atoms with E-state index in [0.29, 0.717) is 5.69 Å². The average Bonchev–Trinajstić information content (AvgIpc) is 2.25. The third kappa shape index (κ3) is 4.99. The van der Waals surface area contributed by atoms with E-state index in [-0.39, 0.29) is 6.42 Å². The van der Waals surface area contributed by atoms with E-state index >= 15 is 0 Å². The van der Waals surface area contributed by atoms with Gasteiger partial charge in [0, 0.05) is 5.69 Å². The van der Waals surface area contributed by atoms with Crippen molar-refractivity contribution in [3.63, 3.8) is 0 Å². The first-order valence-corrected chi connectivity index (χ1v) is 5.99. The molecule has 0 aliphatic rings. The maximum Gasteiger partial charge on any atom is 0.321 e. The van der Waals surface area contributed by atoms with Gasteiger partial charge < -0.3 is 15.6 Å². The molecule has 5 heteroatoms. The predicted molar refractivity (Wildman–Crippen MR) is 71.5 cm³/mol. The highest BCUT2D eigenvalue weighted by Gasteiger charge is 2.31. The molecule has 0 bridgehead atoms. The highest BCUT2D eigenvalue weighted by molar-refractivity contribution is 5.94. The van der Waals surface area contributed by atoms with Crippen LogP contribution in [0.5, 0.6) is 0 Å². The second-order valence-corrected chi connectivity index (χ2v) is 5.37. The highest BCUT2D eigenvalue weighted by Crippen LogP contribution is 2.17. The van der Waals surface area contributed by atoms with Gasteiger partial charge in [0.2, 0.25) is 0 Å². The number of carbonyl (C=O) groups is 2. The lowest BCUT2D eigenvalue weighted by atomic mass is 9.99. The van der Waals surface area contributed by atoms with Crippen molar-refractivity contribution in [3.8, 4) is 0 Å². The normalized spacial score (nSPS) is 12.8. The number of ether oxygens (including phenoxy) is 1. The summed E-state index contributed by atoms with van der Waals surface area (Å²) < 4.78 is 5.11. The third-order valence-corrected chi connectivity index (χ3v) is 2.41. The van der Waals surface area contributed by atoms with Crippen LogP contribution in [0.2, 0.25) is 0 Å². The number of aliphatic carboxylic acids is 1. The van der Waals surface area contributed by atoms with E-state index in [1.54, 1.807) is 45.0 Å². The van der Waals surface area contributed by atoms with Crippen molar-refractivity contribution in [2.75, 3.05) is 5.73 Å². The van der Waals surface area contributed by atoms with Crippen molar-refractivity contribution in [1.82, 2.24) is 0 Å². The second-order valence-electron chi connectivity index (χ2n) is 5.37. The fraction of sp³-hybridized carbons (Fsp3) is 0.429. The Bertz CT molecular complexity index is 459. The zero-order valence-electron chi connectivity index (χ0n) is 11.3. The lowest BCUT2D eigenvalue weighted by molar-refractivity contribution is -0.166. The fourth-order valence-electron chi connectivity index (χ4n) is 1.53. The molecule has 0 aliphatic carbocycles. The Labute approximate surface area is 112 Å². The minimum atomic E-state index is -1.21. The lowest BCUT2D eigenvalue weighted by Crippen LogP contribution is -2.33. The maximum absolute atomic E-state index is 11.8. The van der Waals surface area contributed by atoms with Crippen LogP contribution in [-0.2, 0) is 20.7 Å². The second kappa shape index (κ2) is 5.73. The Hall–Kier alpha value is -2.04. The Morgan fingerprint density at radius 3 is 2.21 bits per heavy atom. The molecule has 0 aromatic heterocycles. The Morgan fingerprint density at radius 1 is 1.26 bits per heavy atom. The van der Waals surface area contributed by atoms with Crippen molar-refractivity contribution in [1.29, 1.82) is 0 Å². The number of nitrogen functional groups attached to an aromatic ring is 1. The summed E-state index contributed by atoms with van der Waals surface area (Å²) in [5.74, 6) is -3.12. The molecule has 0 amide bonds. The smallest absolute Gasteiger partial charge is 0.321 e. The molecule has 3 N–H and O–H groups in total. The number of carboxylic acid groups (broad SMARTS) is 1. The van der Waals surface area contributed by atoms with Crippen LogP contribution < -0.4 is 5.73 Å². The number of nitrogens with two attached hydrogens (primary N) is 1. The first-order chi connectivity index (χ1) is 8.69. The number of esters is 1. The van der Waals surface area contributed by atoms with Crippen LogP contribution in [0.4, 0.5) is 5.69 Å². The zero-order valence-corrected chi connectivity index (χ0v) is 11.3. The summed E-state index contributed by atoms with van der Waals surface area (Å²) in [5.41, 5.74) is 6.17. The molecule has 5 nitrogen and oxygen atoms in total. The van der Waals surface area contributed by atoms with Gasteiger partial charge in [-0.2, -0.15) is 0 Å². The van der Waals surface area contributed by atoms with Gasteiger partial charge >= 0.3 is 11.9 Å². The molecule has 0 fully saturated rings. The number of hydrogen-bond acceptors (Lipinski definition) is 4. The van der Waals surface area contributed by atoms with E-state index in [1.807, 2.05) is 0 Å². The van der Waals surface area contributed by atoms with Crippen LogP contribution in [0, 0.1) is 5.92 Å². The number of carbonyl (C=O) groups excluding carboxylic acids is 1. The number of carboxylic acids is 1. The monoisotopic (exact) mass is 265 g/mol. The number of rotatable bonds is 4. The van der Waals surface area contributed by atoms with Crippen LogP contribution in [0.3, 0.4) is 0 Å². The van der Waals surface area contributed by atoms with Crippen LogP contribution in [0.25, 0.3) is 0 Å². The van der Waals surface area contributed by atoms with Gasteiger partial charge in [0.05, 0.1) is 0 Å². The van der Waals surface area contributed by atoms with Crippen molar-refractivity contribution in [2.24, 2.45) is 5.92 Å². The maximum atomic E-state index is 11.8. The van der Waals surface area contributed by atoms with Crippen molar-refractivity contribution < 1.29 is 19.4 Å². The van der Waals surface area contributed by atoms with E-state index < -0.39 is 23.5 Å². The first kappa shape index (κ1) is 15.0. The zero-order chi connectivity index (χ0) is 14.6. The molecule has 0 aliphatic heterocycles. The molecule has 1 rings (SSSR count). The van der Waals surface area contributed by atoms with Crippen LogP contribution in [0.15, 0.2) is 24.3 Å². The predicted octanol–water partition coefficient (Wildman–Crippen LogP) is 1.85. The van der Waals surface area contributed by atoms with Crippen molar-refractivity contribution >= 4 is 17.6 Å². The van der Waals surface area contributed by atoms with Gasteiger partial charge in [-0.1, -0.05) is 12.1 Å². The fourth-order valence-corrected chi connectivity index (χ4v) is 1.53. The molecule has 19 heavy (non-hydrogen) atoms. The standard InChI is InChI=1S/C14H19NO4/c1-14(2,3)19-13(18)11(12(16)17)8-9-4-6-10(15)7-5-9/h4-7,11H,8,15H2,1-3H3,(H,16,17). The molecular weight excluding hydrogens is 246 g/mol. The lowest BCUT2D eigenvalue weighted by Gasteiger charge is -2.22. The molecule has 0 spiro atoms. The summed E-state index contributed by atoms with van der Waals surface area (Å²) in [6.07, 6.45) is 0.0878. The summed E-state index contributed by atoms with van der Waals surface area (Å²) in [6.45, 7) is 5.10. The molecular formula is C14H19NO4. The number of benzene rings is 1. The quantitative estimate of drug-likeness (QED) is 0.492. The summed E-state index contributed by atoms with van der Waals surface area (Å²) in [4.78, 5) is 23.0. The first-order valence-electron chi connectivity index (χ1n) is 5.99. The van der Waals surface area contributed by atoms with E-state index in [0.717, 1.165) is 5.56 Å². The van der Waals surface area contributed by atoms with E-state index in [1.165, 1.54) is 0 Å². The van der Waals surface area contributed by atoms with Gasteiger partial charge in [-0.05, 0) is 44.9 Å². The summed E-state index contributed by atoms with van der Waals surface area (Å²) in [5, 5.41) is 9.13. The van der Waals surface area contributed by atoms with Gasteiger partial charge in [0.25, 0.3) is 0 Å².